The summed E-state index contributed by atoms with van der Waals surface area (Å²) in [6.07, 6.45) is 0. The van der Waals surface area contributed by atoms with Gasteiger partial charge in [0.05, 0.1) is 31.9 Å². The zero-order valence-electron chi connectivity index (χ0n) is 16.8. The number of para-hydroxylation sites is 1. The lowest BCUT2D eigenvalue weighted by Crippen LogP contribution is -2.45. The number of nitrogens with zero attached hydrogens (tertiary/aromatic N) is 3. The second-order valence-electron chi connectivity index (χ2n) is 6.68. The molecule has 0 radical (unpaired) electrons. The molecular weight excluding hydrogens is 401 g/mol. The van der Waals surface area contributed by atoms with E-state index in [9.17, 15) is 19.9 Å². The number of amides is 1. The van der Waals surface area contributed by atoms with E-state index in [1.807, 2.05) is 42.5 Å². The van der Waals surface area contributed by atoms with Gasteiger partial charge in [0, 0.05) is 11.3 Å². The van der Waals surface area contributed by atoms with Crippen LogP contribution in [0.4, 0.5) is 5.69 Å². The Morgan fingerprint density at radius 1 is 1.00 bits per heavy atom. The van der Waals surface area contributed by atoms with Gasteiger partial charge in [-0.05, 0) is 25.5 Å². The Morgan fingerprint density at radius 2 is 1.57 bits per heavy atom. The molecule has 0 fully saturated rings. The predicted molar refractivity (Wildman–Crippen MR) is 111 cm³/mol. The van der Waals surface area contributed by atoms with Crippen LogP contribution in [0.3, 0.4) is 0 Å². The van der Waals surface area contributed by atoms with Crippen LogP contribution in [0.5, 0.6) is 0 Å². The van der Waals surface area contributed by atoms with Crippen molar-refractivity contribution in [3.05, 3.63) is 65.7 Å². The highest BCUT2D eigenvalue weighted by molar-refractivity contribution is 7.56. The van der Waals surface area contributed by atoms with Crippen LogP contribution in [-0.2, 0) is 30.1 Å². The smallest absolute Gasteiger partial charge is 0.308 e. The van der Waals surface area contributed by atoms with Crippen LogP contribution in [0, 0.1) is 28.6 Å². The third kappa shape index (κ3) is 3.22. The second-order valence-corrected chi connectivity index (χ2v) is 8.90. The summed E-state index contributed by atoms with van der Waals surface area (Å²) >= 11 is 0. The molecule has 0 saturated heterocycles. The van der Waals surface area contributed by atoms with E-state index in [2.05, 4.69) is 0 Å². The number of rotatable bonds is 8. The Morgan fingerprint density at radius 3 is 2.13 bits per heavy atom. The van der Waals surface area contributed by atoms with Crippen LogP contribution in [-0.4, -0.2) is 19.1 Å². The monoisotopic (exact) mass is 423 g/mol. The Kier molecular flexibility index (Phi) is 6.39. The summed E-state index contributed by atoms with van der Waals surface area (Å²) in [5.41, 5.74) is 1.65. The summed E-state index contributed by atoms with van der Waals surface area (Å²) in [6.45, 7) is 3.44. The molecular formula is C22H22N3O4P. The summed E-state index contributed by atoms with van der Waals surface area (Å²) in [6, 6.07) is 19.8. The van der Waals surface area contributed by atoms with Crippen LogP contribution >= 0.6 is 7.60 Å². The maximum atomic E-state index is 14.1. The fourth-order valence-corrected chi connectivity index (χ4v) is 6.32. The molecule has 1 unspecified atom stereocenters. The van der Waals surface area contributed by atoms with Gasteiger partial charge in [0.15, 0.2) is 5.92 Å². The number of hydrogen-bond donors (Lipinski definition) is 0. The van der Waals surface area contributed by atoms with E-state index < -0.39 is 24.6 Å². The topological polar surface area (TPSA) is 103 Å². The van der Waals surface area contributed by atoms with Gasteiger partial charge in [-0.1, -0.05) is 48.5 Å². The average Bonchev–Trinajstić information content (AvgIpc) is 3.00. The molecule has 30 heavy (non-hydrogen) atoms. The summed E-state index contributed by atoms with van der Waals surface area (Å²) < 4.78 is 25.2. The van der Waals surface area contributed by atoms with E-state index in [1.165, 1.54) is 4.90 Å². The predicted octanol–water partition coefficient (Wildman–Crippen LogP) is 4.36. The zero-order valence-corrected chi connectivity index (χ0v) is 17.7. The first-order chi connectivity index (χ1) is 14.5. The Balaban J connectivity index is 2.30. The number of carbonyl (C=O) groups is 1. The maximum Gasteiger partial charge on any atom is 0.353 e. The van der Waals surface area contributed by atoms with E-state index in [4.69, 9.17) is 9.05 Å². The van der Waals surface area contributed by atoms with Gasteiger partial charge in [-0.3, -0.25) is 9.36 Å². The van der Waals surface area contributed by atoms with Gasteiger partial charge in [0.25, 0.3) is 5.91 Å². The molecule has 0 aromatic heterocycles. The van der Waals surface area contributed by atoms with Gasteiger partial charge in [-0.2, -0.15) is 10.5 Å². The number of fused-ring (bicyclic) bond motifs is 1. The zero-order chi connectivity index (χ0) is 21.8. The molecule has 7 nitrogen and oxygen atoms in total. The molecule has 0 N–H and O–H groups in total. The van der Waals surface area contributed by atoms with Crippen molar-refractivity contribution in [2.45, 2.75) is 25.5 Å². The van der Waals surface area contributed by atoms with Crippen LogP contribution in [0.15, 0.2) is 54.6 Å². The number of hydrogen-bond acceptors (Lipinski definition) is 6. The number of benzene rings is 2. The summed E-state index contributed by atoms with van der Waals surface area (Å²) in [4.78, 5) is 15.4. The number of anilines is 1. The van der Waals surface area contributed by atoms with Gasteiger partial charge >= 0.3 is 7.60 Å². The molecule has 0 spiro atoms. The first kappa shape index (κ1) is 21.7. The van der Waals surface area contributed by atoms with Crippen molar-refractivity contribution in [2.75, 3.05) is 18.1 Å². The molecule has 1 aliphatic rings. The van der Waals surface area contributed by atoms with E-state index in [1.54, 1.807) is 38.1 Å². The largest absolute Gasteiger partial charge is 0.353 e. The fourth-order valence-electron chi connectivity index (χ4n) is 3.88. The lowest BCUT2D eigenvalue weighted by atomic mass is 9.87. The van der Waals surface area contributed by atoms with Gasteiger partial charge < -0.3 is 13.9 Å². The highest BCUT2D eigenvalue weighted by atomic mass is 31.2. The Labute approximate surface area is 176 Å². The summed E-state index contributed by atoms with van der Waals surface area (Å²) in [5.74, 6) is -2.19. The molecule has 154 valence electrons. The normalized spacial score (nSPS) is 18.2. The molecule has 2 aromatic rings. The molecule has 2 aromatic carbocycles. The van der Waals surface area contributed by atoms with Crippen molar-refractivity contribution in [3.63, 3.8) is 0 Å². The molecule has 1 aliphatic heterocycles. The number of carbonyl (C=O) groups excluding carboxylic acids is 1. The lowest BCUT2D eigenvalue weighted by molar-refractivity contribution is -0.121. The third-order valence-corrected chi connectivity index (χ3v) is 7.82. The van der Waals surface area contributed by atoms with Gasteiger partial charge in [-0.15, -0.1) is 0 Å². The van der Waals surface area contributed by atoms with Crippen LogP contribution in [0.1, 0.15) is 25.0 Å². The van der Waals surface area contributed by atoms with Crippen molar-refractivity contribution >= 4 is 19.2 Å². The van der Waals surface area contributed by atoms with E-state index in [0.717, 1.165) is 5.56 Å². The van der Waals surface area contributed by atoms with Crippen molar-refractivity contribution in [3.8, 4) is 12.1 Å². The van der Waals surface area contributed by atoms with Crippen LogP contribution < -0.4 is 4.90 Å². The van der Waals surface area contributed by atoms with Crippen molar-refractivity contribution in [1.82, 2.24) is 0 Å². The summed E-state index contributed by atoms with van der Waals surface area (Å²) in [5, 5.41) is 17.5. The minimum Gasteiger partial charge on any atom is -0.308 e. The summed E-state index contributed by atoms with van der Waals surface area (Å²) in [7, 11) is -4.25. The standard InChI is InChI=1S/C22H22N3O4P/c1-3-28-30(27,29-4-2)22(18(14-23)15-24)19-12-8-9-13-20(19)25(21(22)26)16-17-10-6-5-7-11-17/h5-13,18H,3-4,16H2,1-2H3. The first-order valence-corrected chi connectivity index (χ1v) is 11.2. The maximum absolute atomic E-state index is 14.1. The Hall–Kier alpha value is -2.96. The van der Waals surface area contributed by atoms with E-state index in [0.29, 0.717) is 11.3 Å². The minimum atomic E-state index is -4.25. The fraction of sp³-hybridized carbons (Fsp3) is 0.318. The minimum absolute atomic E-state index is 0.00324. The quantitative estimate of drug-likeness (QED) is 0.585. The van der Waals surface area contributed by atoms with Crippen molar-refractivity contribution < 1.29 is 18.4 Å². The highest BCUT2D eigenvalue weighted by Gasteiger charge is 2.69. The second kappa shape index (κ2) is 8.81. The molecule has 0 aliphatic carbocycles. The molecule has 0 bridgehead atoms. The van der Waals surface area contributed by atoms with E-state index in [-0.39, 0.29) is 19.8 Å². The Bertz CT molecular complexity index is 1040. The molecule has 1 atom stereocenters. The lowest BCUT2D eigenvalue weighted by Gasteiger charge is -2.35. The molecule has 1 amide bonds. The van der Waals surface area contributed by atoms with Crippen LogP contribution in [0.2, 0.25) is 0 Å². The molecule has 0 saturated carbocycles. The van der Waals surface area contributed by atoms with E-state index >= 15 is 0 Å². The third-order valence-electron chi connectivity index (χ3n) is 5.07. The SMILES string of the molecule is CCOP(=O)(OCC)C1(C(C#N)C#N)C(=O)N(Cc2ccccc2)c2ccccc21. The van der Waals surface area contributed by atoms with Gasteiger partial charge in [-0.25, -0.2) is 0 Å². The molecule has 1 heterocycles. The molecule has 8 heteroatoms. The molecule has 3 rings (SSSR count). The van der Waals surface area contributed by atoms with Gasteiger partial charge in [0.1, 0.15) is 0 Å². The van der Waals surface area contributed by atoms with Crippen molar-refractivity contribution in [1.29, 1.82) is 10.5 Å². The first-order valence-electron chi connectivity index (χ1n) is 9.64. The number of nitriles is 2. The average molecular weight is 423 g/mol. The van der Waals surface area contributed by atoms with Gasteiger partial charge in [0.2, 0.25) is 5.16 Å². The van der Waals surface area contributed by atoms with Crippen LogP contribution in [0.25, 0.3) is 0 Å². The van der Waals surface area contributed by atoms with Crippen molar-refractivity contribution in [2.24, 2.45) is 5.92 Å². The highest BCUT2D eigenvalue weighted by Crippen LogP contribution is 2.71.